The van der Waals surface area contributed by atoms with E-state index in [1.54, 1.807) is 0 Å². The van der Waals surface area contributed by atoms with E-state index in [4.69, 9.17) is 0 Å². The lowest BCUT2D eigenvalue weighted by Gasteiger charge is -2.29. The average Bonchev–Trinajstić information content (AvgIpc) is 2.22. The molecule has 0 atom stereocenters. The Balaban J connectivity index is 2.54. The van der Waals surface area contributed by atoms with Crippen molar-refractivity contribution in [2.45, 2.75) is 34.2 Å². The van der Waals surface area contributed by atoms with Crippen LogP contribution in [0.5, 0.6) is 5.75 Å². The van der Waals surface area contributed by atoms with Crippen molar-refractivity contribution in [3.63, 3.8) is 0 Å². The van der Waals surface area contributed by atoms with Gasteiger partial charge in [0.05, 0.1) is 0 Å². The standard InChI is InChI=1S/C14H22FNO/c1-10(2)14(3,4)9-16-8-11-7-12(15)5-6-13(11)17/h5-7,10,16-17H,8-9H2,1-4H3. The second kappa shape index (κ2) is 5.50. The molecule has 1 aromatic carbocycles. The van der Waals surface area contributed by atoms with E-state index in [0.717, 1.165) is 6.54 Å². The molecule has 0 saturated heterocycles. The summed E-state index contributed by atoms with van der Waals surface area (Å²) >= 11 is 0. The lowest BCUT2D eigenvalue weighted by atomic mass is 9.81. The number of hydrogen-bond acceptors (Lipinski definition) is 2. The van der Waals surface area contributed by atoms with Crippen LogP contribution in [0.15, 0.2) is 18.2 Å². The topological polar surface area (TPSA) is 32.3 Å². The van der Waals surface area contributed by atoms with Crippen LogP contribution in [0, 0.1) is 17.2 Å². The number of aromatic hydroxyl groups is 1. The average molecular weight is 239 g/mol. The number of benzene rings is 1. The van der Waals surface area contributed by atoms with Gasteiger partial charge in [-0.3, -0.25) is 0 Å². The third kappa shape index (κ3) is 4.00. The first-order chi connectivity index (χ1) is 7.83. The summed E-state index contributed by atoms with van der Waals surface area (Å²) in [7, 11) is 0. The number of phenolic OH excluding ortho intramolecular Hbond substituents is 1. The van der Waals surface area contributed by atoms with Gasteiger partial charge in [-0.1, -0.05) is 27.7 Å². The van der Waals surface area contributed by atoms with Crippen LogP contribution in [0.2, 0.25) is 0 Å². The van der Waals surface area contributed by atoms with E-state index >= 15 is 0 Å². The molecule has 0 saturated carbocycles. The lowest BCUT2D eigenvalue weighted by molar-refractivity contribution is 0.237. The van der Waals surface area contributed by atoms with Gasteiger partial charge in [-0.25, -0.2) is 4.39 Å². The summed E-state index contributed by atoms with van der Waals surface area (Å²) in [6, 6.07) is 4.02. The Bertz CT molecular complexity index is 374. The van der Waals surface area contributed by atoms with E-state index in [1.807, 2.05) is 0 Å². The number of rotatable bonds is 5. The van der Waals surface area contributed by atoms with Crippen LogP contribution in [0.3, 0.4) is 0 Å². The molecule has 1 rings (SSSR count). The SMILES string of the molecule is CC(C)C(C)(C)CNCc1cc(F)ccc1O. The molecule has 0 unspecified atom stereocenters. The van der Waals surface area contributed by atoms with Gasteiger partial charge >= 0.3 is 0 Å². The van der Waals surface area contributed by atoms with Crippen molar-refractivity contribution in [1.82, 2.24) is 5.32 Å². The molecule has 1 aromatic rings. The molecular formula is C14H22FNO. The first kappa shape index (κ1) is 14.0. The molecule has 0 amide bonds. The van der Waals surface area contributed by atoms with Gasteiger partial charge in [0.15, 0.2) is 0 Å². The Labute approximate surface area is 103 Å². The molecule has 0 aliphatic rings. The minimum absolute atomic E-state index is 0.140. The third-order valence-electron chi connectivity index (χ3n) is 3.50. The van der Waals surface area contributed by atoms with Crippen molar-refractivity contribution >= 4 is 0 Å². The monoisotopic (exact) mass is 239 g/mol. The minimum atomic E-state index is -0.317. The molecule has 0 aromatic heterocycles. The fraction of sp³-hybridized carbons (Fsp3) is 0.571. The van der Waals surface area contributed by atoms with Crippen molar-refractivity contribution in [3.05, 3.63) is 29.6 Å². The maximum atomic E-state index is 13.0. The zero-order valence-electron chi connectivity index (χ0n) is 11.0. The maximum absolute atomic E-state index is 13.0. The first-order valence-electron chi connectivity index (χ1n) is 6.01. The number of hydrogen-bond donors (Lipinski definition) is 2. The van der Waals surface area contributed by atoms with E-state index in [-0.39, 0.29) is 17.0 Å². The second-order valence-electron chi connectivity index (χ2n) is 5.52. The summed E-state index contributed by atoms with van der Waals surface area (Å²) in [5, 5.41) is 12.8. The Morgan fingerprint density at radius 1 is 1.35 bits per heavy atom. The van der Waals surface area contributed by atoms with Crippen LogP contribution in [0.25, 0.3) is 0 Å². The maximum Gasteiger partial charge on any atom is 0.123 e. The lowest BCUT2D eigenvalue weighted by Crippen LogP contribution is -2.33. The zero-order valence-corrected chi connectivity index (χ0v) is 11.0. The van der Waals surface area contributed by atoms with Gasteiger partial charge in [0.1, 0.15) is 11.6 Å². The molecule has 0 radical (unpaired) electrons. The van der Waals surface area contributed by atoms with Crippen molar-refractivity contribution in [3.8, 4) is 5.75 Å². The van der Waals surface area contributed by atoms with Crippen molar-refractivity contribution in [1.29, 1.82) is 0 Å². The molecule has 3 heteroatoms. The van der Waals surface area contributed by atoms with Gasteiger partial charge in [0.2, 0.25) is 0 Å². The molecule has 0 aliphatic heterocycles. The normalized spacial score (nSPS) is 12.1. The van der Waals surface area contributed by atoms with Crippen LogP contribution >= 0.6 is 0 Å². The molecule has 0 aliphatic carbocycles. The van der Waals surface area contributed by atoms with Crippen LogP contribution in [0.4, 0.5) is 4.39 Å². The number of halogens is 1. The van der Waals surface area contributed by atoms with Gasteiger partial charge < -0.3 is 10.4 Å². The number of phenols is 1. The molecule has 96 valence electrons. The molecule has 0 spiro atoms. The van der Waals surface area contributed by atoms with Gasteiger partial charge in [-0.15, -0.1) is 0 Å². The first-order valence-corrected chi connectivity index (χ1v) is 6.01. The molecule has 2 nitrogen and oxygen atoms in total. The highest BCUT2D eigenvalue weighted by molar-refractivity contribution is 5.32. The quantitative estimate of drug-likeness (QED) is 0.826. The second-order valence-corrected chi connectivity index (χ2v) is 5.52. The van der Waals surface area contributed by atoms with E-state index in [2.05, 4.69) is 33.0 Å². The van der Waals surface area contributed by atoms with Crippen LogP contribution in [-0.2, 0) is 6.54 Å². The Morgan fingerprint density at radius 2 is 2.00 bits per heavy atom. The summed E-state index contributed by atoms with van der Waals surface area (Å²) in [5.74, 6) is 0.389. The molecule has 0 bridgehead atoms. The fourth-order valence-electron chi connectivity index (χ4n) is 1.42. The predicted molar refractivity (Wildman–Crippen MR) is 68.4 cm³/mol. The molecule has 2 N–H and O–H groups in total. The summed E-state index contributed by atoms with van der Waals surface area (Å²) in [4.78, 5) is 0. The highest BCUT2D eigenvalue weighted by atomic mass is 19.1. The van der Waals surface area contributed by atoms with Gasteiger partial charge in [0, 0.05) is 18.7 Å². The smallest absolute Gasteiger partial charge is 0.123 e. The van der Waals surface area contributed by atoms with Crippen molar-refractivity contribution in [2.75, 3.05) is 6.54 Å². The van der Waals surface area contributed by atoms with E-state index in [0.29, 0.717) is 18.0 Å². The minimum Gasteiger partial charge on any atom is -0.508 e. The Hall–Kier alpha value is -1.09. The summed E-state index contributed by atoms with van der Waals surface area (Å²) < 4.78 is 13.0. The van der Waals surface area contributed by atoms with Crippen LogP contribution < -0.4 is 5.32 Å². The van der Waals surface area contributed by atoms with Crippen molar-refractivity contribution in [2.24, 2.45) is 11.3 Å². The van der Waals surface area contributed by atoms with Crippen LogP contribution in [0.1, 0.15) is 33.3 Å². The Kier molecular flexibility index (Phi) is 4.52. The van der Waals surface area contributed by atoms with Gasteiger partial charge in [0.25, 0.3) is 0 Å². The van der Waals surface area contributed by atoms with E-state index < -0.39 is 0 Å². The summed E-state index contributed by atoms with van der Waals surface area (Å²) in [5.41, 5.74) is 0.785. The van der Waals surface area contributed by atoms with Crippen LogP contribution in [-0.4, -0.2) is 11.7 Å². The van der Waals surface area contributed by atoms with Crippen molar-refractivity contribution < 1.29 is 9.50 Å². The highest BCUT2D eigenvalue weighted by Gasteiger charge is 2.21. The molecular weight excluding hydrogens is 217 g/mol. The molecule has 0 heterocycles. The van der Waals surface area contributed by atoms with E-state index in [1.165, 1.54) is 18.2 Å². The molecule has 0 fully saturated rings. The van der Waals surface area contributed by atoms with Gasteiger partial charge in [-0.05, 0) is 29.5 Å². The fourth-order valence-corrected chi connectivity index (χ4v) is 1.42. The zero-order chi connectivity index (χ0) is 13.1. The summed E-state index contributed by atoms with van der Waals surface area (Å²) in [6.07, 6.45) is 0. The highest BCUT2D eigenvalue weighted by Crippen LogP contribution is 2.25. The third-order valence-corrected chi connectivity index (χ3v) is 3.50. The largest absolute Gasteiger partial charge is 0.508 e. The predicted octanol–water partition coefficient (Wildman–Crippen LogP) is 3.30. The summed E-state index contributed by atoms with van der Waals surface area (Å²) in [6.45, 7) is 10.1. The van der Waals surface area contributed by atoms with E-state index in [9.17, 15) is 9.50 Å². The number of nitrogens with one attached hydrogen (secondary N) is 1. The molecule has 17 heavy (non-hydrogen) atoms. The van der Waals surface area contributed by atoms with Gasteiger partial charge in [-0.2, -0.15) is 0 Å². The Morgan fingerprint density at radius 3 is 2.59 bits per heavy atom.